The van der Waals surface area contributed by atoms with Gasteiger partial charge in [-0.3, -0.25) is 0 Å². The highest BCUT2D eigenvalue weighted by Gasteiger charge is 2.31. The quantitative estimate of drug-likeness (QED) is 0.182. The summed E-state index contributed by atoms with van der Waals surface area (Å²) in [6.45, 7) is 10.5. The number of hydrogen-bond donors (Lipinski definition) is 0. The summed E-state index contributed by atoms with van der Waals surface area (Å²) in [6.07, 6.45) is 6.83. The molecule has 0 amide bonds. The van der Waals surface area contributed by atoms with E-state index >= 15 is 0 Å². The molecule has 248 valence electrons. The second-order valence-corrected chi connectivity index (χ2v) is 12.5. The molecule has 5 nitrogen and oxygen atoms in total. The first-order chi connectivity index (χ1) is 23.0. The first-order valence-corrected chi connectivity index (χ1v) is 16.3. The Morgan fingerprint density at radius 3 is 1.73 bits per heavy atom. The van der Waals surface area contributed by atoms with Crippen molar-refractivity contribution in [2.24, 2.45) is 7.05 Å². The molecule has 0 fully saturated rings. The van der Waals surface area contributed by atoms with Crippen molar-refractivity contribution in [2.75, 3.05) is 28.8 Å². The highest BCUT2D eigenvalue weighted by molar-refractivity contribution is 5.84. The number of rotatable bonds is 3. The minimum atomic E-state index is -0.544. The summed E-state index contributed by atoms with van der Waals surface area (Å²) in [5.41, 5.74) is 9.59. The van der Waals surface area contributed by atoms with Crippen molar-refractivity contribution >= 4 is 22.7 Å². The molecule has 0 saturated heterocycles. The third kappa shape index (κ3) is 7.05. The van der Waals surface area contributed by atoms with Crippen LogP contribution in [0.1, 0.15) is 30.5 Å². The molecule has 7 rings (SSSR count). The summed E-state index contributed by atoms with van der Waals surface area (Å²) in [5, 5.41) is 0. The van der Waals surface area contributed by atoms with Gasteiger partial charge in [0.15, 0.2) is 6.20 Å². The molecule has 0 radical (unpaired) electrons. The van der Waals surface area contributed by atoms with Crippen molar-refractivity contribution < 1.29 is 13.3 Å². The summed E-state index contributed by atoms with van der Waals surface area (Å²) in [7, 11) is 6.08. The van der Waals surface area contributed by atoms with Crippen LogP contribution in [0.25, 0.3) is 11.3 Å². The molecular formula is C41H46F2N5+. The average Bonchev–Trinajstić information content (AvgIpc) is 3.53. The number of benzene rings is 4. The SMILES string of the molecule is Cc1cc(F)cc(F)c1-c1cccc[n+]1C.Cc1ccccc1N1C=CN(C)[C@@H]1C.Cc1ccccc1N1c2ccccc2N(C)[C@@H]1C. The van der Waals surface area contributed by atoms with Crippen molar-refractivity contribution in [1.29, 1.82) is 0 Å². The van der Waals surface area contributed by atoms with Gasteiger partial charge >= 0.3 is 0 Å². The summed E-state index contributed by atoms with van der Waals surface area (Å²) >= 11 is 0. The Labute approximate surface area is 284 Å². The maximum Gasteiger partial charge on any atom is 0.215 e. The number of aryl methyl sites for hydroxylation is 4. The van der Waals surface area contributed by atoms with Crippen molar-refractivity contribution in [3.8, 4) is 11.3 Å². The molecular weight excluding hydrogens is 600 g/mol. The zero-order valence-corrected chi connectivity index (χ0v) is 29.2. The lowest BCUT2D eigenvalue weighted by Gasteiger charge is -2.28. The maximum atomic E-state index is 13.7. The van der Waals surface area contributed by atoms with E-state index in [0.717, 1.165) is 11.8 Å². The third-order valence-electron chi connectivity index (χ3n) is 9.24. The van der Waals surface area contributed by atoms with Crippen LogP contribution in [0.2, 0.25) is 0 Å². The number of nitrogens with zero attached hydrogens (tertiary/aromatic N) is 5. The van der Waals surface area contributed by atoms with Crippen molar-refractivity contribution in [2.45, 2.75) is 47.0 Å². The van der Waals surface area contributed by atoms with E-state index in [9.17, 15) is 8.78 Å². The van der Waals surface area contributed by atoms with E-state index in [0.29, 0.717) is 23.5 Å². The van der Waals surface area contributed by atoms with Gasteiger partial charge in [-0.05, 0) is 87.7 Å². The van der Waals surface area contributed by atoms with E-state index in [-0.39, 0.29) is 0 Å². The second kappa shape index (κ2) is 14.7. The van der Waals surface area contributed by atoms with Gasteiger partial charge in [0.2, 0.25) is 5.69 Å². The molecule has 2 aliphatic heterocycles. The molecule has 4 aromatic carbocycles. The van der Waals surface area contributed by atoms with Gasteiger partial charge in [-0.15, -0.1) is 0 Å². The number of fused-ring (bicyclic) bond motifs is 1. The highest BCUT2D eigenvalue weighted by atomic mass is 19.1. The summed E-state index contributed by atoms with van der Waals surface area (Å²) in [4.78, 5) is 9.22. The van der Waals surface area contributed by atoms with Crippen LogP contribution in [0.3, 0.4) is 0 Å². The van der Waals surface area contributed by atoms with Crippen LogP contribution in [0.5, 0.6) is 0 Å². The Hall–Kier alpha value is -5.17. The van der Waals surface area contributed by atoms with Gasteiger partial charge in [-0.25, -0.2) is 13.3 Å². The average molecular weight is 647 g/mol. The normalized spacial score (nSPS) is 16.3. The number of hydrogen-bond acceptors (Lipinski definition) is 4. The highest BCUT2D eigenvalue weighted by Crippen LogP contribution is 2.43. The molecule has 0 spiro atoms. The predicted molar refractivity (Wildman–Crippen MR) is 195 cm³/mol. The second-order valence-electron chi connectivity index (χ2n) is 12.5. The molecule has 0 bridgehead atoms. The Morgan fingerprint density at radius 1 is 0.604 bits per heavy atom. The summed E-state index contributed by atoms with van der Waals surface area (Å²) < 4.78 is 28.5. The molecule has 0 aliphatic carbocycles. The largest absolute Gasteiger partial charge is 0.359 e. The zero-order chi connectivity index (χ0) is 34.5. The molecule has 7 heteroatoms. The monoisotopic (exact) mass is 646 g/mol. The van der Waals surface area contributed by atoms with Crippen molar-refractivity contribution in [3.63, 3.8) is 0 Å². The van der Waals surface area contributed by atoms with E-state index in [2.05, 4.69) is 147 Å². The van der Waals surface area contributed by atoms with Crippen LogP contribution in [0.15, 0.2) is 122 Å². The molecule has 0 saturated carbocycles. The van der Waals surface area contributed by atoms with Gasteiger partial charge in [0.1, 0.15) is 31.0 Å². The van der Waals surface area contributed by atoms with E-state index < -0.39 is 11.6 Å². The van der Waals surface area contributed by atoms with E-state index in [1.165, 1.54) is 39.9 Å². The van der Waals surface area contributed by atoms with Crippen LogP contribution in [-0.4, -0.2) is 31.3 Å². The number of para-hydroxylation sites is 4. The van der Waals surface area contributed by atoms with Gasteiger partial charge in [-0.1, -0.05) is 48.5 Å². The van der Waals surface area contributed by atoms with Crippen LogP contribution in [0, 0.1) is 32.4 Å². The molecule has 48 heavy (non-hydrogen) atoms. The fourth-order valence-corrected chi connectivity index (χ4v) is 6.27. The lowest BCUT2D eigenvalue weighted by molar-refractivity contribution is -0.660. The fraction of sp³-hybridized carbons (Fsp3) is 0.244. The number of anilines is 4. The first kappa shape index (κ1) is 34.2. The van der Waals surface area contributed by atoms with E-state index in [1.54, 1.807) is 6.92 Å². The number of pyridine rings is 1. The van der Waals surface area contributed by atoms with Gasteiger partial charge in [0.05, 0.1) is 16.9 Å². The van der Waals surface area contributed by atoms with E-state index in [4.69, 9.17) is 0 Å². The van der Waals surface area contributed by atoms with Crippen molar-refractivity contribution in [1.82, 2.24) is 4.90 Å². The topological polar surface area (TPSA) is 16.8 Å². The number of halogens is 2. The van der Waals surface area contributed by atoms with Crippen LogP contribution in [0.4, 0.5) is 31.5 Å². The smallest absolute Gasteiger partial charge is 0.215 e. The Balaban J connectivity index is 0.000000142. The summed E-state index contributed by atoms with van der Waals surface area (Å²) in [6, 6.07) is 33.4. The Kier molecular flexibility index (Phi) is 10.5. The van der Waals surface area contributed by atoms with Crippen LogP contribution >= 0.6 is 0 Å². The lowest BCUT2D eigenvalue weighted by Crippen LogP contribution is -2.35. The maximum absolute atomic E-state index is 13.7. The van der Waals surface area contributed by atoms with Crippen LogP contribution in [-0.2, 0) is 7.05 Å². The third-order valence-corrected chi connectivity index (χ3v) is 9.24. The van der Waals surface area contributed by atoms with Crippen LogP contribution < -0.4 is 19.3 Å². The lowest BCUT2D eigenvalue weighted by atomic mass is 10.0. The van der Waals surface area contributed by atoms with E-state index in [1.807, 2.05) is 36.0 Å². The van der Waals surface area contributed by atoms with Gasteiger partial charge in [0, 0.05) is 56.1 Å². The standard InChI is InChI=1S/C16H18N2.C13H12F2N.C12H16N2/c1-12-8-4-5-9-14(12)18-13(2)17(3)15-10-6-7-11-16(15)18;1-9-7-10(14)8-11(15)13(9)12-5-3-4-6-16(12)2;1-10-6-4-5-7-12(10)14-9-8-13(3)11(14)2/h4-11,13H,1-3H3;3-8H,1-2H3;4-9,11H,1-3H3/q;+1;/t13-;;11-/m0.0/s1. The van der Waals surface area contributed by atoms with Crippen molar-refractivity contribution in [3.05, 3.63) is 150 Å². The first-order valence-electron chi connectivity index (χ1n) is 16.3. The molecule has 2 atom stereocenters. The molecule has 1 aromatic heterocycles. The Bertz CT molecular complexity index is 1880. The molecule has 0 N–H and O–H groups in total. The molecule has 0 unspecified atom stereocenters. The van der Waals surface area contributed by atoms with Gasteiger partial charge < -0.3 is 19.6 Å². The van der Waals surface area contributed by atoms with Gasteiger partial charge in [0.25, 0.3) is 0 Å². The van der Waals surface area contributed by atoms with Gasteiger partial charge in [-0.2, -0.15) is 0 Å². The minimum Gasteiger partial charge on any atom is -0.359 e. The number of aromatic nitrogens is 1. The predicted octanol–water partition coefficient (Wildman–Crippen LogP) is 9.26. The Morgan fingerprint density at radius 2 is 1.17 bits per heavy atom. The molecule has 5 aromatic rings. The molecule has 2 aliphatic rings. The molecule has 3 heterocycles. The summed E-state index contributed by atoms with van der Waals surface area (Å²) in [5.74, 6) is -1.07. The minimum absolute atomic E-state index is 0.350. The zero-order valence-electron chi connectivity index (χ0n) is 29.2. The fourth-order valence-electron chi connectivity index (χ4n) is 6.27.